The molecule has 0 aliphatic heterocycles. The molecule has 0 aliphatic rings. The zero-order chi connectivity index (χ0) is 8.20. The van der Waals surface area contributed by atoms with Gasteiger partial charge in [0.1, 0.15) is 0 Å². The van der Waals surface area contributed by atoms with Crippen molar-refractivity contribution in [1.82, 2.24) is 0 Å². The van der Waals surface area contributed by atoms with E-state index in [9.17, 15) is 0 Å². The highest BCUT2D eigenvalue weighted by Gasteiger charge is 2.27. The standard InChI is InChI=1S/C8H19NO/c1-4-7(2)8(3,5-9)6-10/h7,10H,4-6,9H2,1-3H3. The molecule has 2 nitrogen and oxygen atoms in total. The van der Waals surface area contributed by atoms with E-state index in [1.54, 1.807) is 0 Å². The van der Waals surface area contributed by atoms with Gasteiger partial charge >= 0.3 is 0 Å². The third-order valence-electron chi connectivity index (χ3n) is 2.63. The minimum Gasteiger partial charge on any atom is -0.396 e. The molecule has 0 heterocycles. The lowest BCUT2D eigenvalue weighted by Gasteiger charge is -2.31. The van der Waals surface area contributed by atoms with Crippen molar-refractivity contribution in [2.45, 2.75) is 27.2 Å². The van der Waals surface area contributed by atoms with Crippen LogP contribution in [0.25, 0.3) is 0 Å². The van der Waals surface area contributed by atoms with E-state index in [1.807, 2.05) is 6.92 Å². The van der Waals surface area contributed by atoms with Crippen LogP contribution in [0.15, 0.2) is 0 Å². The number of nitrogens with two attached hydrogens (primary N) is 1. The first kappa shape index (κ1) is 9.92. The molecular formula is C8H19NO. The monoisotopic (exact) mass is 145 g/mol. The fourth-order valence-corrected chi connectivity index (χ4v) is 0.914. The predicted octanol–water partition coefficient (Wildman–Crippen LogP) is 0.990. The normalized spacial score (nSPS) is 20.1. The Morgan fingerprint density at radius 3 is 2.20 bits per heavy atom. The Bertz CT molecular complexity index is 89.3. The molecule has 0 saturated carbocycles. The zero-order valence-corrected chi connectivity index (χ0v) is 7.22. The summed E-state index contributed by atoms with van der Waals surface area (Å²) in [6.07, 6.45) is 1.08. The van der Waals surface area contributed by atoms with Crippen molar-refractivity contribution in [2.24, 2.45) is 17.1 Å². The Morgan fingerprint density at radius 1 is 1.60 bits per heavy atom. The molecule has 0 radical (unpaired) electrons. The van der Waals surface area contributed by atoms with Crippen LogP contribution in [0.2, 0.25) is 0 Å². The van der Waals surface area contributed by atoms with Crippen molar-refractivity contribution < 1.29 is 5.11 Å². The lowest BCUT2D eigenvalue weighted by Crippen LogP contribution is -2.37. The number of aliphatic hydroxyl groups is 1. The summed E-state index contributed by atoms with van der Waals surface area (Å²) in [4.78, 5) is 0. The molecule has 0 rings (SSSR count). The molecule has 2 unspecified atom stereocenters. The average Bonchev–Trinajstić information content (AvgIpc) is 2.01. The molecule has 0 aliphatic carbocycles. The summed E-state index contributed by atoms with van der Waals surface area (Å²) in [5.41, 5.74) is 5.46. The smallest absolute Gasteiger partial charge is 0.0499 e. The van der Waals surface area contributed by atoms with Gasteiger partial charge in [-0.1, -0.05) is 27.2 Å². The fourth-order valence-electron chi connectivity index (χ4n) is 0.914. The van der Waals surface area contributed by atoms with Crippen LogP contribution in [0, 0.1) is 11.3 Å². The molecule has 2 atom stereocenters. The molecule has 0 bridgehead atoms. The molecule has 0 aromatic carbocycles. The Kier molecular flexibility index (Phi) is 3.91. The van der Waals surface area contributed by atoms with Crippen LogP contribution in [-0.4, -0.2) is 18.3 Å². The van der Waals surface area contributed by atoms with Crippen LogP contribution in [0.1, 0.15) is 27.2 Å². The Morgan fingerprint density at radius 2 is 2.10 bits per heavy atom. The maximum atomic E-state index is 9.01. The maximum Gasteiger partial charge on any atom is 0.0499 e. The Labute approximate surface area is 63.4 Å². The highest BCUT2D eigenvalue weighted by molar-refractivity contribution is 4.79. The van der Waals surface area contributed by atoms with E-state index in [1.165, 1.54) is 0 Å². The van der Waals surface area contributed by atoms with E-state index in [0.29, 0.717) is 12.5 Å². The van der Waals surface area contributed by atoms with Crippen molar-refractivity contribution in [3.8, 4) is 0 Å². The molecule has 2 heteroatoms. The molecular weight excluding hydrogens is 126 g/mol. The number of hydrogen-bond acceptors (Lipinski definition) is 2. The van der Waals surface area contributed by atoms with Gasteiger partial charge in [-0.05, 0) is 5.92 Å². The lowest BCUT2D eigenvalue weighted by molar-refractivity contribution is 0.0924. The fraction of sp³-hybridized carbons (Fsp3) is 1.00. The van der Waals surface area contributed by atoms with Gasteiger partial charge in [-0.15, -0.1) is 0 Å². The summed E-state index contributed by atoms with van der Waals surface area (Å²) < 4.78 is 0. The van der Waals surface area contributed by atoms with Crippen LogP contribution < -0.4 is 5.73 Å². The quantitative estimate of drug-likeness (QED) is 0.619. The van der Waals surface area contributed by atoms with E-state index in [4.69, 9.17) is 10.8 Å². The topological polar surface area (TPSA) is 46.2 Å². The summed E-state index contributed by atoms with van der Waals surface area (Å²) in [7, 11) is 0. The first-order chi connectivity index (χ1) is 4.60. The molecule has 10 heavy (non-hydrogen) atoms. The van der Waals surface area contributed by atoms with Crippen LogP contribution in [0.4, 0.5) is 0 Å². The van der Waals surface area contributed by atoms with Gasteiger partial charge in [0.15, 0.2) is 0 Å². The summed E-state index contributed by atoms with van der Waals surface area (Å²) in [5.74, 6) is 0.502. The summed E-state index contributed by atoms with van der Waals surface area (Å²) in [6.45, 7) is 7.04. The van der Waals surface area contributed by atoms with Crippen LogP contribution >= 0.6 is 0 Å². The Balaban J connectivity index is 4.02. The summed E-state index contributed by atoms with van der Waals surface area (Å²) >= 11 is 0. The third-order valence-corrected chi connectivity index (χ3v) is 2.63. The van der Waals surface area contributed by atoms with E-state index in [0.717, 1.165) is 6.42 Å². The second-order valence-electron chi connectivity index (χ2n) is 3.33. The van der Waals surface area contributed by atoms with E-state index in [2.05, 4.69) is 13.8 Å². The first-order valence-corrected chi connectivity index (χ1v) is 3.91. The molecule has 0 fully saturated rings. The van der Waals surface area contributed by atoms with Gasteiger partial charge in [0.05, 0.1) is 0 Å². The molecule has 0 spiro atoms. The predicted molar refractivity (Wildman–Crippen MR) is 43.7 cm³/mol. The molecule has 3 N–H and O–H groups in total. The molecule has 0 saturated heterocycles. The van der Waals surface area contributed by atoms with E-state index >= 15 is 0 Å². The second-order valence-corrected chi connectivity index (χ2v) is 3.33. The van der Waals surface area contributed by atoms with Gasteiger partial charge in [0, 0.05) is 18.6 Å². The van der Waals surface area contributed by atoms with Crippen molar-refractivity contribution in [3.05, 3.63) is 0 Å². The van der Waals surface area contributed by atoms with E-state index < -0.39 is 0 Å². The first-order valence-electron chi connectivity index (χ1n) is 3.91. The highest BCUT2D eigenvalue weighted by Crippen LogP contribution is 2.27. The minimum atomic E-state index is -0.0747. The van der Waals surface area contributed by atoms with Gasteiger partial charge in [-0.3, -0.25) is 0 Å². The maximum absolute atomic E-state index is 9.01. The van der Waals surface area contributed by atoms with Gasteiger partial charge in [0.25, 0.3) is 0 Å². The van der Waals surface area contributed by atoms with Crippen molar-refractivity contribution in [2.75, 3.05) is 13.2 Å². The van der Waals surface area contributed by atoms with Gasteiger partial charge in [-0.25, -0.2) is 0 Å². The molecule has 0 amide bonds. The van der Waals surface area contributed by atoms with Gasteiger partial charge in [0.2, 0.25) is 0 Å². The number of hydrogen-bond donors (Lipinski definition) is 2. The minimum absolute atomic E-state index is 0.0747. The van der Waals surface area contributed by atoms with Crippen molar-refractivity contribution in [3.63, 3.8) is 0 Å². The highest BCUT2D eigenvalue weighted by atomic mass is 16.3. The molecule has 0 aromatic rings. The van der Waals surface area contributed by atoms with Crippen LogP contribution in [0.5, 0.6) is 0 Å². The summed E-state index contributed by atoms with van der Waals surface area (Å²) in [6, 6.07) is 0. The Hall–Kier alpha value is -0.0800. The number of rotatable bonds is 4. The van der Waals surface area contributed by atoms with Crippen molar-refractivity contribution in [1.29, 1.82) is 0 Å². The van der Waals surface area contributed by atoms with E-state index in [-0.39, 0.29) is 12.0 Å². The van der Waals surface area contributed by atoms with Crippen molar-refractivity contribution >= 4 is 0 Å². The second kappa shape index (κ2) is 3.94. The number of aliphatic hydroxyl groups excluding tert-OH is 1. The SMILES string of the molecule is CCC(C)C(C)(CN)CO. The third kappa shape index (κ3) is 1.96. The van der Waals surface area contributed by atoms with Crippen LogP contribution in [0.3, 0.4) is 0 Å². The van der Waals surface area contributed by atoms with Gasteiger partial charge in [-0.2, -0.15) is 0 Å². The summed E-state index contributed by atoms with van der Waals surface area (Å²) in [5, 5.41) is 9.01. The molecule has 62 valence electrons. The van der Waals surface area contributed by atoms with Crippen LogP contribution in [-0.2, 0) is 0 Å². The molecule has 0 aromatic heterocycles. The lowest BCUT2D eigenvalue weighted by atomic mass is 9.77. The average molecular weight is 145 g/mol. The van der Waals surface area contributed by atoms with Gasteiger partial charge < -0.3 is 10.8 Å². The zero-order valence-electron chi connectivity index (χ0n) is 7.22. The largest absolute Gasteiger partial charge is 0.396 e.